The summed E-state index contributed by atoms with van der Waals surface area (Å²) >= 11 is 6.09. The summed E-state index contributed by atoms with van der Waals surface area (Å²) in [7, 11) is 0. The maximum atomic E-state index is 2.42. The van der Waals surface area contributed by atoms with Gasteiger partial charge in [0.15, 0.2) is 0 Å². The summed E-state index contributed by atoms with van der Waals surface area (Å²) in [6.07, 6.45) is 2.14. The summed E-state index contributed by atoms with van der Waals surface area (Å²) in [5.41, 5.74) is 1.35. The quantitative estimate of drug-likeness (QED) is 0.549. The molecule has 0 saturated carbocycles. The molecule has 0 aliphatic heterocycles. The molecule has 0 amide bonds. The highest BCUT2D eigenvalue weighted by Gasteiger charge is 2.06. The van der Waals surface area contributed by atoms with Crippen LogP contribution in [0.25, 0.3) is 10.1 Å². The van der Waals surface area contributed by atoms with Crippen LogP contribution < -0.4 is 0 Å². The van der Waals surface area contributed by atoms with E-state index in [1.54, 1.807) is 0 Å². The minimum absolute atomic E-state index is 1.35. The molecule has 68 valence electrons. The average molecular weight is 320 g/mol. The monoisotopic (exact) mass is 320 g/mol. The van der Waals surface area contributed by atoms with Crippen molar-refractivity contribution >= 4 is 55.8 Å². The minimum atomic E-state index is 1.35. The van der Waals surface area contributed by atoms with Gasteiger partial charge in [-0.15, -0.1) is 23.1 Å². The lowest BCUT2D eigenvalue weighted by atomic mass is 10.2. The zero-order valence-corrected chi connectivity index (χ0v) is 11.2. The summed E-state index contributed by atoms with van der Waals surface area (Å²) in [5.74, 6) is 0. The van der Waals surface area contributed by atoms with Gasteiger partial charge < -0.3 is 0 Å². The van der Waals surface area contributed by atoms with E-state index < -0.39 is 0 Å². The lowest BCUT2D eigenvalue weighted by Crippen LogP contribution is -1.77. The Hall–Kier alpha value is 0.260. The number of thioether (sulfide) groups is 1. The van der Waals surface area contributed by atoms with Gasteiger partial charge in [0.2, 0.25) is 0 Å². The zero-order valence-electron chi connectivity index (χ0n) is 7.43. The van der Waals surface area contributed by atoms with Gasteiger partial charge in [-0.05, 0) is 53.5 Å². The second kappa shape index (κ2) is 3.79. The first-order valence-corrected chi connectivity index (χ1v) is 7.12. The number of hydrogen-bond acceptors (Lipinski definition) is 2. The number of aryl methyl sites for hydroxylation is 1. The second-order valence-electron chi connectivity index (χ2n) is 2.92. The molecule has 0 saturated heterocycles. The summed E-state index contributed by atoms with van der Waals surface area (Å²) in [5, 5.41) is 3.68. The van der Waals surface area contributed by atoms with E-state index in [-0.39, 0.29) is 0 Å². The Morgan fingerprint density at radius 3 is 2.85 bits per heavy atom. The number of benzene rings is 1. The van der Waals surface area contributed by atoms with Gasteiger partial charge in [0.1, 0.15) is 0 Å². The number of hydrogen-bond donors (Lipinski definition) is 0. The molecule has 0 aliphatic carbocycles. The maximum absolute atomic E-state index is 2.42. The van der Waals surface area contributed by atoms with Gasteiger partial charge in [0, 0.05) is 23.9 Å². The first-order valence-electron chi connectivity index (χ1n) is 3.93. The number of thiophene rings is 1. The molecule has 0 radical (unpaired) electrons. The van der Waals surface area contributed by atoms with E-state index in [0.29, 0.717) is 0 Å². The largest absolute Gasteiger partial charge is 0.143 e. The van der Waals surface area contributed by atoms with Gasteiger partial charge >= 0.3 is 0 Å². The third kappa shape index (κ3) is 1.74. The molecule has 0 unspecified atom stereocenters. The number of rotatable bonds is 1. The van der Waals surface area contributed by atoms with E-state index in [9.17, 15) is 0 Å². The fraction of sp³-hybridized carbons (Fsp3) is 0.200. The lowest BCUT2D eigenvalue weighted by molar-refractivity contribution is 1.48. The fourth-order valence-electron chi connectivity index (χ4n) is 1.37. The van der Waals surface area contributed by atoms with Crippen molar-refractivity contribution in [1.82, 2.24) is 0 Å². The molecular weight excluding hydrogens is 311 g/mol. The molecule has 1 aromatic heterocycles. The number of halogens is 1. The molecule has 0 bridgehead atoms. The van der Waals surface area contributed by atoms with E-state index in [1.807, 2.05) is 23.1 Å². The van der Waals surface area contributed by atoms with E-state index in [2.05, 4.69) is 53.3 Å². The highest BCUT2D eigenvalue weighted by molar-refractivity contribution is 14.1. The van der Waals surface area contributed by atoms with Crippen LogP contribution in [0.15, 0.2) is 22.4 Å². The van der Waals surface area contributed by atoms with Crippen molar-refractivity contribution in [3.05, 3.63) is 26.6 Å². The zero-order chi connectivity index (χ0) is 9.42. The van der Waals surface area contributed by atoms with Crippen molar-refractivity contribution in [1.29, 1.82) is 0 Å². The molecule has 0 atom stereocenters. The fourth-order valence-corrected chi connectivity index (χ4v) is 4.77. The molecule has 1 heterocycles. The first kappa shape index (κ1) is 9.80. The Morgan fingerprint density at radius 1 is 1.38 bits per heavy atom. The summed E-state index contributed by atoms with van der Waals surface area (Å²) in [4.78, 5) is 1.41. The predicted molar refractivity (Wildman–Crippen MR) is 71.1 cm³/mol. The van der Waals surface area contributed by atoms with E-state index in [1.165, 1.54) is 24.1 Å². The van der Waals surface area contributed by atoms with Crippen molar-refractivity contribution in [2.45, 2.75) is 11.8 Å². The maximum Gasteiger partial charge on any atom is 0.0367 e. The Labute approximate surface area is 99.9 Å². The topological polar surface area (TPSA) is 0 Å². The van der Waals surface area contributed by atoms with Gasteiger partial charge in [0.05, 0.1) is 0 Å². The predicted octanol–water partition coefficient (Wildman–Crippen LogP) is 4.54. The normalized spacial score (nSPS) is 11.0. The minimum Gasteiger partial charge on any atom is -0.143 e. The van der Waals surface area contributed by atoms with Crippen LogP contribution in [0.1, 0.15) is 5.56 Å². The first-order chi connectivity index (χ1) is 6.22. The van der Waals surface area contributed by atoms with E-state index >= 15 is 0 Å². The number of fused-ring (bicyclic) bond motifs is 1. The Kier molecular flexibility index (Phi) is 2.86. The summed E-state index contributed by atoms with van der Waals surface area (Å²) < 4.78 is 2.78. The Morgan fingerprint density at radius 2 is 2.15 bits per heavy atom. The molecule has 2 rings (SSSR count). The van der Waals surface area contributed by atoms with Crippen LogP contribution in [0.2, 0.25) is 0 Å². The van der Waals surface area contributed by atoms with Crippen molar-refractivity contribution in [3.63, 3.8) is 0 Å². The van der Waals surface area contributed by atoms with Crippen LogP contribution in [-0.4, -0.2) is 6.26 Å². The van der Waals surface area contributed by atoms with Crippen LogP contribution in [-0.2, 0) is 0 Å². The van der Waals surface area contributed by atoms with E-state index in [0.717, 1.165) is 0 Å². The molecule has 0 aliphatic rings. The SMILES string of the molecule is CSc1csc2cc(C)cc(I)c12. The summed E-state index contributed by atoms with van der Waals surface area (Å²) in [6.45, 7) is 2.15. The summed E-state index contributed by atoms with van der Waals surface area (Å²) in [6, 6.07) is 4.51. The third-order valence-electron chi connectivity index (χ3n) is 1.96. The third-order valence-corrected chi connectivity index (χ3v) is 4.65. The van der Waals surface area contributed by atoms with Crippen molar-refractivity contribution < 1.29 is 0 Å². The lowest BCUT2D eigenvalue weighted by Gasteiger charge is -1.99. The highest BCUT2D eigenvalue weighted by Crippen LogP contribution is 2.35. The molecule has 1 aromatic carbocycles. The van der Waals surface area contributed by atoms with Gasteiger partial charge in [-0.3, -0.25) is 0 Å². The molecule has 2 aromatic rings. The average Bonchev–Trinajstić information content (AvgIpc) is 2.47. The van der Waals surface area contributed by atoms with Crippen LogP contribution in [0, 0.1) is 10.5 Å². The van der Waals surface area contributed by atoms with Gasteiger partial charge in [-0.1, -0.05) is 0 Å². The van der Waals surface area contributed by atoms with Crippen LogP contribution >= 0.6 is 45.7 Å². The molecule has 0 nitrogen and oxygen atoms in total. The Balaban J connectivity index is 2.82. The Bertz CT molecular complexity index is 445. The molecule has 0 N–H and O–H groups in total. The van der Waals surface area contributed by atoms with E-state index in [4.69, 9.17) is 0 Å². The second-order valence-corrected chi connectivity index (χ2v) is 5.85. The van der Waals surface area contributed by atoms with Crippen molar-refractivity contribution in [2.24, 2.45) is 0 Å². The van der Waals surface area contributed by atoms with Gasteiger partial charge in [-0.2, -0.15) is 0 Å². The van der Waals surface area contributed by atoms with Crippen molar-refractivity contribution in [2.75, 3.05) is 6.26 Å². The molecule has 0 fully saturated rings. The highest BCUT2D eigenvalue weighted by atomic mass is 127. The van der Waals surface area contributed by atoms with Crippen LogP contribution in [0.4, 0.5) is 0 Å². The molecule has 0 spiro atoms. The van der Waals surface area contributed by atoms with Crippen molar-refractivity contribution in [3.8, 4) is 0 Å². The molecule has 3 heteroatoms. The van der Waals surface area contributed by atoms with Gasteiger partial charge in [0.25, 0.3) is 0 Å². The van der Waals surface area contributed by atoms with Crippen LogP contribution in [0.3, 0.4) is 0 Å². The smallest absolute Gasteiger partial charge is 0.0367 e. The van der Waals surface area contributed by atoms with Gasteiger partial charge in [-0.25, -0.2) is 0 Å². The molecular formula is C10H9IS2. The molecule has 13 heavy (non-hydrogen) atoms. The van der Waals surface area contributed by atoms with Crippen LogP contribution in [0.5, 0.6) is 0 Å². The standard InChI is InChI=1S/C10H9IS2/c1-6-3-7(11)10-8(4-6)13-5-9(10)12-2/h3-5H,1-2H3.